The van der Waals surface area contributed by atoms with Crippen molar-refractivity contribution in [3.63, 3.8) is 0 Å². The molecule has 11 atom stereocenters. The summed E-state index contributed by atoms with van der Waals surface area (Å²) in [5.74, 6) is -5.36. The van der Waals surface area contributed by atoms with Crippen LogP contribution in [-0.4, -0.2) is 137 Å². The summed E-state index contributed by atoms with van der Waals surface area (Å²) < 4.78 is 47.5. The first-order chi connectivity index (χ1) is 26.2. The van der Waals surface area contributed by atoms with Gasteiger partial charge in [-0.3, -0.25) is 4.79 Å². The van der Waals surface area contributed by atoms with Gasteiger partial charge in [-0.15, -0.1) is 0 Å². The lowest BCUT2D eigenvalue weighted by molar-refractivity contribution is -0.345. The summed E-state index contributed by atoms with van der Waals surface area (Å²) in [6, 6.07) is 2.51. The third-order valence-corrected chi connectivity index (χ3v) is 12.1. The minimum Gasteiger partial charge on any atom is -0.507 e. The Hall–Kier alpha value is -4.33. The van der Waals surface area contributed by atoms with E-state index in [2.05, 4.69) is 0 Å². The Morgan fingerprint density at radius 2 is 1.57 bits per heavy atom. The number of phenols is 4. The van der Waals surface area contributed by atoms with Gasteiger partial charge >= 0.3 is 5.97 Å². The number of likely N-dealkylation sites (N-methyl/N-ethyl adjacent to an activating group) is 1. The van der Waals surface area contributed by atoms with Crippen molar-refractivity contribution >= 4 is 27.5 Å². The number of aliphatic hydroxyl groups excluding tert-OH is 2. The van der Waals surface area contributed by atoms with Crippen LogP contribution < -0.4 is 4.74 Å². The SMILES string of the molecule is COC(=O)[C@@H]1c2cc3c(O)c4c5c(cc(O)c4c(O)c3c(O)c2[C@@H](O[C@@H]2O[C@@H](C)C(OC)[C@@](C)(OC)[C@H]2OC)C[C@]1(C)O)[C@@]1(C)O[C@@H](O5)C(O)C(N(C)C)=C1O. The van der Waals surface area contributed by atoms with Crippen LogP contribution in [0.5, 0.6) is 28.7 Å². The normalized spacial score (nSPS) is 35.2. The molecule has 2 bridgehead atoms. The number of hydrogen-bond acceptors (Lipinski definition) is 17. The van der Waals surface area contributed by atoms with E-state index in [1.165, 1.54) is 52.2 Å². The molecule has 17 nitrogen and oxygen atoms in total. The number of fused-ring (bicyclic) bond motifs is 8. The van der Waals surface area contributed by atoms with Gasteiger partial charge in [0.2, 0.25) is 6.29 Å². The molecule has 3 heterocycles. The lowest BCUT2D eigenvalue weighted by Crippen LogP contribution is -2.66. The van der Waals surface area contributed by atoms with Crippen LogP contribution in [0.4, 0.5) is 0 Å². The molecule has 3 aromatic carbocycles. The minimum atomic E-state index is -1.88. The Kier molecular flexibility index (Phi) is 9.53. The highest BCUT2D eigenvalue weighted by atomic mass is 16.7. The maximum Gasteiger partial charge on any atom is 0.316 e. The molecule has 3 aliphatic heterocycles. The van der Waals surface area contributed by atoms with Crippen molar-refractivity contribution < 1.29 is 78.4 Å². The standard InChI is InChI=1S/C39H49NO16/c1-14-32(49-7)39(4,52-10)33(50-8)36(53-14)54-19-13-37(2,48)24(34(47)51-9)15-11-16-21(27(43)20(15)19)28(44)22-18(41)12-17-30(23(22)26(16)42)55-35-29(45)25(40(5)6)31(46)38(17,3)56-35/h11-12,14,19,24,29,32-33,35-36,41-46,48H,13H2,1-10H3/t14-,19-,24-,29?,32?,33-,35+,36-,37-,38+,39+/m0/s1. The molecule has 4 aliphatic rings. The van der Waals surface area contributed by atoms with E-state index in [0.717, 1.165) is 7.11 Å². The first-order valence-corrected chi connectivity index (χ1v) is 18.0. The number of phenolic OH excluding ortho intramolecular Hbond substituents is 4. The first-order valence-electron chi connectivity index (χ1n) is 18.0. The largest absolute Gasteiger partial charge is 0.507 e. The molecular formula is C39H49NO16. The summed E-state index contributed by atoms with van der Waals surface area (Å²) in [5, 5.41) is 81.3. The van der Waals surface area contributed by atoms with E-state index in [0.29, 0.717) is 0 Å². The molecule has 3 aromatic rings. The third kappa shape index (κ3) is 5.32. The number of benzene rings is 3. The highest BCUT2D eigenvalue weighted by molar-refractivity contribution is 6.17. The Labute approximate surface area is 322 Å². The van der Waals surface area contributed by atoms with Gasteiger partial charge < -0.3 is 78.5 Å². The fourth-order valence-electron chi connectivity index (χ4n) is 9.36. The maximum absolute atomic E-state index is 13.5. The Morgan fingerprint density at radius 1 is 0.911 bits per heavy atom. The fraction of sp³-hybridized carbons (Fsp3) is 0.564. The average molecular weight is 788 g/mol. The number of hydrogen-bond donors (Lipinski definition) is 7. The predicted octanol–water partition coefficient (Wildman–Crippen LogP) is 3.12. The molecule has 0 saturated carbocycles. The van der Waals surface area contributed by atoms with Gasteiger partial charge in [-0.1, -0.05) is 0 Å². The van der Waals surface area contributed by atoms with Crippen LogP contribution in [0.25, 0.3) is 21.5 Å². The van der Waals surface area contributed by atoms with Crippen LogP contribution in [-0.2, 0) is 43.6 Å². The number of nitrogens with zero attached hydrogens (tertiary/aromatic N) is 1. The molecule has 0 radical (unpaired) electrons. The van der Waals surface area contributed by atoms with E-state index in [4.69, 9.17) is 37.9 Å². The molecule has 17 heteroatoms. The molecule has 1 fully saturated rings. The van der Waals surface area contributed by atoms with Crippen LogP contribution in [0.2, 0.25) is 0 Å². The summed E-state index contributed by atoms with van der Waals surface area (Å²) in [4.78, 5) is 15.0. The number of aromatic hydroxyl groups is 4. The molecule has 306 valence electrons. The van der Waals surface area contributed by atoms with E-state index in [-0.39, 0.29) is 61.9 Å². The maximum atomic E-state index is 13.5. The molecule has 0 spiro atoms. The van der Waals surface area contributed by atoms with Gasteiger partial charge in [-0.05, 0) is 45.4 Å². The molecular weight excluding hydrogens is 738 g/mol. The van der Waals surface area contributed by atoms with E-state index >= 15 is 0 Å². The van der Waals surface area contributed by atoms with Crippen LogP contribution >= 0.6 is 0 Å². The van der Waals surface area contributed by atoms with Gasteiger partial charge in [0.1, 0.15) is 52.5 Å². The topological polar surface area (TPSA) is 236 Å². The van der Waals surface area contributed by atoms with Gasteiger partial charge in [-0.25, -0.2) is 0 Å². The summed E-state index contributed by atoms with van der Waals surface area (Å²) >= 11 is 0. The highest BCUT2D eigenvalue weighted by Crippen LogP contribution is 2.61. The Bertz CT molecular complexity index is 2150. The summed E-state index contributed by atoms with van der Waals surface area (Å²) in [6.45, 7) is 6.43. The van der Waals surface area contributed by atoms with Crippen molar-refractivity contribution in [2.75, 3.05) is 42.5 Å². The number of aliphatic hydroxyl groups is 3. The van der Waals surface area contributed by atoms with Crippen molar-refractivity contribution in [1.82, 2.24) is 4.90 Å². The number of carbonyl (C=O) groups excluding carboxylic acids is 1. The number of esters is 1. The number of methoxy groups -OCH3 is 4. The Morgan fingerprint density at radius 3 is 2.16 bits per heavy atom. The fourth-order valence-corrected chi connectivity index (χ4v) is 9.36. The second-order valence-electron chi connectivity index (χ2n) is 15.6. The van der Waals surface area contributed by atoms with Gasteiger partial charge in [0, 0.05) is 58.4 Å². The van der Waals surface area contributed by atoms with Gasteiger partial charge in [-0.2, -0.15) is 0 Å². The first kappa shape index (κ1) is 39.9. The quantitative estimate of drug-likeness (QED) is 0.103. The zero-order valence-corrected chi connectivity index (χ0v) is 32.7. The number of ether oxygens (including phenoxy) is 8. The lowest BCUT2D eigenvalue weighted by Gasteiger charge is -2.51. The van der Waals surface area contributed by atoms with E-state index in [1.807, 2.05) is 0 Å². The third-order valence-electron chi connectivity index (χ3n) is 12.1. The zero-order chi connectivity index (χ0) is 41.1. The number of rotatable bonds is 7. The van der Waals surface area contributed by atoms with Crippen molar-refractivity contribution in [3.05, 3.63) is 40.3 Å². The molecule has 0 amide bonds. The van der Waals surface area contributed by atoms with Crippen molar-refractivity contribution in [1.29, 1.82) is 0 Å². The van der Waals surface area contributed by atoms with Crippen molar-refractivity contribution in [3.8, 4) is 28.7 Å². The average Bonchev–Trinajstić information content (AvgIpc) is 3.12. The summed E-state index contributed by atoms with van der Waals surface area (Å²) in [5.41, 5.74) is -4.57. The van der Waals surface area contributed by atoms with E-state index < -0.39 is 94.8 Å². The van der Waals surface area contributed by atoms with E-state index in [1.54, 1.807) is 27.9 Å². The zero-order valence-electron chi connectivity index (χ0n) is 32.7. The molecule has 7 rings (SSSR count). The van der Waals surface area contributed by atoms with Crippen molar-refractivity contribution in [2.24, 2.45) is 0 Å². The predicted molar refractivity (Wildman–Crippen MR) is 195 cm³/mol. The molecule has 1 aliphatic carbocycles. The number of carbonyl (C=O) groups is 1. The minimum absolute atomic E-state index is 0.00651. The monoisotopic (exact) mass is 787 g/mol. The second kappa shape index (κ2) is 13.4. The lowest BCUT2D eigenvalue weighted by atomic mass is 9.70. The molecule has 1 saturated heterocycles. The highest BCUT2D eigenvalue weighted by Gasteiger charge is 2.58. The van der Waals surface area contributed by atoms with Crippen LogP contribution in [0.3, 0.4) is 0 Å². The van der Waals surface area contributed by atoms with Crippen LogP contribution in [0.1, 0.15) is 62.8 Å². The molecule has 0 aromatic heterocycles. The smallest absolute Gasteiger partial charge is 0.316 e. The van der Waals surface area contributed by atoms with E-state index in [9.17, 15) is 40.5 Å². The summed E-state index contributed by atoms with van der Waals surface area (Å²) in [6.07, 6.45) is -7.71. The molecule has 56 heavy (non-hydrogen) atoms. The second-order valence-corrected chi connectivity index (χ2v) is 15.6. The molecule has 7 N–H and O–H groups in total. The Balaban J connectivity index is 1.49. The van der Waals surface area contributed by atoms with Crippen LogP contribution in [0, 0.1) is 0 Å². The van der Waals surface area contributed by atoms with Crippen LogP contribution in [0.15, 0.2) is 23.6 Å². The summed E-state index contributed by atoms with van der Waals surface area (Å²) in [7, 11) is 8.81. The molecule has 2 unspecified atom stereocenters. The van der Waals surface area contributed by atoms with Gasteiger partial charge in [0.05, 0.1) is 46.8 Å². The van der Waals surface area contributed by atoms with Gasteiger partial charge in [0.25, 0.3) is 0 Å². The van der Waals surface area contributed by atoms with Crippen molar-refractivity contribution in [2.45, 2.75) is 99.9 Å². The van der Waals surface area contributed by atoms with Gasteiger partial charge in [0.15, 0.2) is 23.8 Å².